The number of benzene rings is 3. The Bertz CT molecular complexity index is 1080. The Hall–Kier alpha value is -2.95. The fourth-order valence-electron chi connectivity index (χ4n) is 4.92. The molecule has 166 valence electrons. The molecule has 4 nitrogen and oxygen atoms in total. The van der Waals surface area contributed by atoms with Crippen LogP contribution in [0.5, 0.6) is 0 Å². The Morgan fingerprint density at radius 3 is 2.22 bits per heavy atom. The molecule has 0 saturated carbocycles. The average Bonchev–Trinajstić information content (AvgIpc) is 3.04. The normalized spacial score (nSPS) is 17.9. The van der Waals surface area contributed by atoms with E-state index in [1.54, 1.807) is 0 Å². The van der Waals surface area contributed by atoms with Crippen LogP contribution in [0, 0.1) is 6.92 Å². The van der Waals surface area contributed by atoms with Gasteiger partial charge in [-0.1, -0.05) is 72.8 Å². The molecule has 1 aliphatic rings. The van der Waals surface area contributed by atoms with Crippen molar-refractivity contribution in [1.29, 1.82) is 0 Å². The van der Waals surface area contributed by atoms with Crippen molar-refractivity contribution in [2.45, 2.75) is 31.7 Å². The molecule has 3 aromatic rings. The molecule has 32 heavy (non-hydrogen) atoms. The summed E-state index contributed by atoms with van der Waals surface area (Å²) in [6.45, 7) is 3.75. The summed E-state index contributed by atoms with van der Waals surface area (Å²) in [5, 5.41) is 3.98. The summed E-state index contributed by atoms with van der Waals surface area (Å²) >= 11 is 0. The van der Waals surface area contributed by atoms with Crippen LogP contribution >= 0.6 is 0 Å². The van der Waals surface area contributed by atoms with Gasteiger partial charge in [-0.05, 0) is 68.7 Å². The van der Waals surface area contributed by atoms with E-state index in [1.807, 2.05) is 36.3 Å². The molecule has 1 unspecified atom stereocenters. The number of carbonyl (C=O) groups excluding carboxylic acids is 1. The van der Waals surface area contributed by atoms with Gasteiger partial charge in [-0.25, -0.2) is 10.0 Å². The fraction of sp³-hybridized carbons (Fsp3) is 0.321. The molecule has 3 aromatic carbocycles. The van der Waals surface area contributed by atoms with Gasteiger partial charge in [0, 0.05) is 13.6 Å². The summed E-state index contributed by atoms with van der Waals surface area (Å²) in [4.78, 5) is 16.5. The van der Waals surface area contributed by atoms with Crippen molar-refractivity contribution in [2.75, 3.05) is 32.7 Å². The van der Waals surface area contributed by atoms with Crippen molar-refractivity contribution in [3.63, 3.8) is 0 Å². The smallest absolute Gasteiger partial charge is 0.256 e. The lowest BCUT2D eigenvalue weighted by atomic mass is 9.72. The summed E-state index contributed by atoms with van der Waals surface area (Å²) in [5.41, 5.74) is 4.95. The first-order chi connectivity index (χ1) is 15.4. The van der Waals surface area contributed by atoms with Crippen molar-refractivity contribution in [3.8, 4) is 0 Å². The van der Waals surface area contributed by atoms with Crippen molar-refractivity contribution < 1.29 is 4.79 Å². The highest BCUT2D eigenvalue weighted by molar-refractivity contribution is 6.09. The second-order valence-electron chi connectivity index (χ2n) is 9.05. The van der Waals surface area contributed by atoms with Gasteiger partial charge in [0.2, 0.25) is 0 Å². The molecular weight excluding hydrogens is 394 g/mol. The molecule has 1 atom stereocenters. The lowest BCUT2D eigenvalue weighted by Crippen LogP contribution is -2.48. The van der Waals surface area contributed by atoms with Gasteiger partial charge in [0.25, 0.3) is 5.91 Å². The van der Waals surface area contributed by atoms with Crippen LogP contribution in [-0.2, 0) is 16.8 Å². The highest BCUT2D eigenvalue weighted by Gasteiger charge is 2.52. The molecule has 1 aliphatic heterocycles. The first kappa shape index (κ1) is 22.3. The molecule has 0 radical (unpaired) electrons. The minimum absolute atomic E-state index is 0.139. The van der Waals surface area contributed by atoms with E-state index < -0.39 is 5.41 Å². The summed E-state index contributed by atoms with van der Waals surface area (Å²) in [5.74, 6) is 0.139. The number of para-hydroxylation sites is 1. The maximum atomic E-state index is 14.3. The van der Waals surface area contributed by atoms with Gasteiger partial charge in [0.05, 0.1) is 5.69 Å². The summed E-state index contributed by atoms with van der Waals surface area (Å²) in [6.07, 6.45) is 1.72. The first-order valence-corrected chi connectivity index (χ1v) is 11.3. The van der Waals surface area contributed by atoms with E-state index >= 15 is 0 Å². The number of carbonyl (C=O) groups is 1. The third-order valence-corrected chi connectivity index (χ3v) is 6.58. The van der Waals surface area contributed by atoms with Crippen molar-refractivity contribution >= 4 is 11.6 Å². The van der Waals surface area contributed by atoms with Gasteiger partial charge in [-0.2, -0.15) is 0 Å². The van der Waals surface area contributed by atoms with Crippen molar-refractivity contribution in [3.05, 3.63) is 101 Å². The van der Waals surface area contributed by atoms with E-state index in [0.29, 0.717) is 6.54 Å². The van der Waals surface area contributed by atoms with Crippen molar-refractivity contribution in [1.82, 2.24) is 9.91 Å². The van der Waals surface area contributed by atoms with Gasteiger partial charge in [-0.15, -0.1) is 0 Å². The third-order valence-electron chi connectivity index (χ3n) is 6.58. The quantitative estimate of drug-likeness (QED) is 0.505. The van der Waals surface area contributed by atoms with Gasteiger partial charge in [0.1, 0.15) is 5.41 Å². The number of aryl methyl sites for hydroxylation is 1. The van der Waals surface area contributed by atoms with Crippen LogP contribution in [0.4, 0.5) is 5.69 Å². The zero-order valence-electron chi connectivity index (χ0n) is 19.6. The lowest BCUT2D eigenvalue weighted by Gasteiger charge is -2.33. The summed E-state index contributed by atoms with van der Waals surface area (Å²) in [7, 11) is 6.19. The number of hydrogen-bond acceptors (Lipinski definition) is 3. The Kier molecular flexibility index (Phi) is 6.45. The highest BCUT2D eigenvalue weighted by atomic mass is 16.2. The van der Waals surface area contributed by atoms with E-state index in [9.17, 15) is 4.79 Å². The van der Waals surface area contributed by atoms with Gasteiger partial charge >= 0.3 is 0 Å². The minimum atomic E-state index is -0.673. The van der Waals surface area contributed by atoms with E-state index in [1.165, 1.54) is 11.1 Å². The minimum Gasteiger partial charge on any atom is -0.309 e. The number of anilines is 1. The Labute approximate surface area is 192 Å². The predicted molar refractivity (Wildman–Crippen MR) is 132 cm³/mol. The number of hydrogen-bond donors (Lipinski definition) is 0. The number of rotatable bonds is 8. The third kappa shape index (κ3) is 3.96. The number of hydrazine groups is 1. The van der Waals surface area contributed by atoms with Gasteiger partial charge < -0.3 is 4.90 Å². The van der Waals surface area contributed by atoms with Crippen LogP contribution in [-0.4, -0.2) is 43.5 Å². The number of fused-ring (bicyclic) bond motifs is 1. The summed E-state index contributed by atoms with van der Waals surface area (Å²) < 4.78 is 0. The zero-order valence-corrected chi connectivity index (χ0v) is 19.6. The largest absolute Gasteiger partial charge is 0.309 e. The molecule has 0 saturated heterocycles. The van der Waals surface area contributed by atoms with Crippen LogP contribution in [0.15, 0.2) is 78.9 Å². The summed E-state index contributed by atoms with van der Waals surface area (Å²) in [6, 6.07) is 27.0. The molecule has 0 spiro atoms. The van der Waals surface area contributed by atoms with Crippen LogP contribution < -0.4 is 5.01 Å². The average molecular weight is 428 g/mol. The van der Waals surface area contributed by atoms with E-state index in [0.717, 1.165) is 36.2 Å². The molecular formula is C28H33N3O. The van der Waals surface area contributed by atoms with Crippen LogP contribution in [0.3, 0.4) is 0 Å². The standard InChI is InChI=1S/C28H33N3O/c1-22-13-8-9-14-23(22)21-30(4)31-26-18-11-10-17-25(26)28(27(31)32,19-12-20-29(2)3)24-15-6-5-7-16-24/h5-11,13-18H,12,19-21H2,1-4H3. The monoisotopic (exact) mass is 427 g/mol. The molecule has 0 aromatic heterocycles. The first-order valence-electron chi connectivity index (χ1n) is 11.3. The van der Waals surface area contributed by atoms with E-state index in [4.69, 9.17) is 0 Å². The van der Waals surface area contributed by atoms with E-state index in [-0.39, 0.29) is 5.91 Å². The molecule has 4 rings (SSSR count). The van der Waals surface area contributed by atoms with Crippen LogP contribution in [0.25, 0.3) is 0 Å². The number of amides is 1. The number of nitrogens with zero attached hydrogens (tertiary/aromatic N) is 3. The molecule has 0 bridgehead atoms. The Balaban J connectivity index is 1.78. The topological polar surface area (TPSA) is 26.8 Å². The maximum absolute atomic E-state index is 14.3. The Morgan fingerprint density at radius 2 is 1.50 bits per heavy atom. The molecule has 0 N–H and O–H groups in total. The molecule has 0 aliphatic carbocycles. The van der Waals surface area contributed by atoms with E-state index in [2.05, 4.69) is 85.5 Å². The van der Waals surface area contributed by atoms with Crippen LogP contribution in [0.1, 0.15) is 35.1 Å². The van der Waals surface area contributed by atoms with Crippen molar-refractivity contribution in [2.24, 2.45) is 0 Å². The predicted octanol–water partition coefficient (Wildman–Crippen LogP) is 5.02. The second kappa shape index (κ2) is 9.27. The molecule has 1 amide bonds. The highest BCUT2D eigenvalue weighted by Crippen LogP contribution is 2.49. The lowest BCUT2D eigenvalue weighted by molar-refractivity contribution is -0.124. The van der Waals surface area contributed by atoms with Gasteiger partial charge in [0.15, 0.2) is 0 Å². The van der Waals surface area contributed by atoms with Gasteiger partial charge in [-0.3, -0.25) is 4.79 Å². The van der Waals surface area contributed by atoms with Crippen LogP contribution in [0.2, 0.25) is 0 Å². The maximum Gasteiger partial charge on any atom is 0.256 e. The molecule has 0 fully saturated rings. The second-order valence-corrected chi connectivity index (χ2v) is 9.05. The fourth-order valence-corrected chi connectivity index (χ4v) is 4.92. The molecule has 4 heteroatoms. The SMILES string of the molecule is Cc1ccccc1CN(C)N1C(=O)C(CCCN(C)C)(c2ccccc2)c2ccccc21. The molecule has 1 heterocycles. The Morgan fingerprint density at radius 1 is 0.844 bits per heavy atom. The zero-order chi connectivity index (χ0) is 22.7.